The number of hydrogen-bond donors (Lipinski definition) is 0. The van der Waals surface area contributed by atoms with Crippen molar-refractivity contribution >= 4 is 23.3 Å². The molecule has 0 aliphatic heterocycles. The first kappa shape index (κ1) is 9.61. The van der Waals surface area contributed by atoms with Gasteiger partial charge in [-0.15, -0.1) is 0 Å². The first-order valence-electron chi connectivity index (χ1n) is 4.33. The molecular formula is C8H9ClN4S. The van der Waals surface area contributed by atoms with Gasteiger partial charge in [-0.3, -0.25) is 4.57 Å². The number of aromatic nitrogens is 4. The minimum absolute atomic E-state index is 0.436. The van der Waals surface area contributed by atoms with Crippen molar-refractivity contribution in [2.45, 2.75) is 19.8 Å². The molecule has 0 amide bonds. The highest BCUT2D eigenvalue weighted by atomic mass is 35.5. The molecule has 0 N–H and O–H groups in total. The van der Waals surface area contributed by atoms with Gasteiger partial charge in [-0.2, -0.15) is 8.75 Å². The van der Waals surface area contributed by atoms with Crippen LogP contribution in [0.15, 0.2) is 12.4 Å². The van der Waals surface area contributed by atoms with Gasteiger partial charge in [0.15, 0.2) is 11.0 Å². The molecule has 0 spiro atoms. The van der Waals surface area contributed by atoms with Gasteiger partial charge in [0.25, 0.3) is 0 Å². The Kier molecular flexibility index (Phi) is 2.79. The van der Waals surface area contributed by atoms with Crippen molar-refractivity contribution in [2.75, 3.05) is 0 Å². The molecule has 0 radical (unpaired) electrons. The van der Waals surface area contributed by atoms with Crippen LogP contribution in [0, 0.1) is 0 Å². The number of nitrogens with zero attached hydrogens (tertiary/aromatic N) is 4. The fourth-order valence-electron chi connectivity index (χ4n) is 1.25. The van der Waals surface area contributed by atoms with Gasteiger partial charge in [0.05, 0.1) is 11.7 Å². The van der Waals surface area contributed by atoms with Gasteiger partial charge in [-0.25, -0.2) is 4.98 Å². The smallest absolute Gasteiger partial charge is 0.191 e. The van der Waals surface area contributed by atoms with Crippen LogP contribution in [0.2, 0.25) is 5.15 Å². The second kappa shape index (κ2) is 4.06. The zero-order valence-electron chi connectivity index (χ0n) is 7.64. The quantitative estimate of drug-likeness (QED) is 0.810. The summed E-state index contributed by atoms with van der Waals surface area (Å²) in [5, 5.41) is 0.436. The van der Waals surface area contributed by atoms with E-state index in [-0.39, 0.29) is 0 Å². The Morgan fingerprint density at radius 2 is 2.36 bits per heavy atom. The second-order valence-corrected chi connectivity index (χ2v) is 3.73. The predicted molar refractivity (Wildman–Crippen MR) is 56.0 cm³/mol. The van der Waals surface area contributed by atoms with Crippen LogP contribution in [0.25, 0.3) is 5.82 Å². The summed E-state index contributed by atoms with van der Waals surface area (Å²) in [5.74, 6) is 1.65. The van der Waals surface area contributed by atoms with E-state index in [2.05, 4.69) is 20.7 Å². The summed E-state index contributed by atoms with van der Waals surface area (Å²) in [6.45, 7) is 2.11. The molecule has 0 atom stereocenters. The molecule has 74 valence electrons. The third-order valence-electron chi connectivity index (χ3n) is 1.85. The molecule has 4 nitrogen and oxygen atoms in total. The highest BCUT2D eigenvalue weighted by Gasteiger charge is 2.10. The van der Waals surface area contributed by atoms with Crippen LogP contribution in [-0.2, 0) is 6.42 Å². The van der Waals surface area contributed by atoms with E-state index < -0.39 is 0 Å². The van der Waals surface area contributed by atoms with Crippen molar-refractivity contribution in [1.29, 1.82) is 0 Å². The molecule has 2 aromatic rings. The van der Waals surface area contributed by atoms with E-state index in [0.29, 0.717) is 11.0 Å². The van der Waals surface area contributed by atoms with Crippen molar-refractivity contribution in [2.24, 2.45) is 0 Å². The molecule has 0 aliphatic carbocycles. The predicted octanol–water partition coefficient (Wildman–Crippen LogP) is 2.33. The van der Waals surface area contributed by atoms with Crippen LogP contribution < -0.4 is 0 Å². The number of halogens is 1. The SMILES string of the molecule is CCCc1nccn1-c1nsnc1Cl. The van der Waals surface area contributed by atoms with Crippen molar-refractivity contribution in [3.8, 4) is 5.82 Å². The van der Waals surface area contributed by atoms with Gasteiger partial charge in [-0.1, -0.05) is 18.5 Å². The van der Waals surface area contributed by atoms with Crippen LogP contribution in [0.4, 0.5) is 0 Å². The highest BCUT2D eigenvalue weighted by Crippen LogP contribution is 2.19. The Hall–Kier alpha value is -0.940. The number of imidazole rings is 1. The van der Waals surface area contributed by atoms with Gasteiger partial charge in [-0.05, 0) is 6.42 Å². The summed E-state index contributed by atoms with van der Waals surface area (Å²) >= 11 is 7.00. The molecule has 6 heteroatoms. The molecule has 2 rings (SSSR count). The van der Waals surface area contributed by atoms with Crippen LogP contribution in [0.1, 0.15) is 19.2 Å². The Morgan fingerprint density at radius 3 is 3.00 bits per heavy atom. The monoisotopic (exact) mass is 228 g/mol. The zero-order chi connectivity index (χ0) is 9.97. The highest BCUT2D eigenvalue weighted by molar-refractivity contribution is 6.99. The van der Waals surface area contributed by atoms with Crippen LogP contribution in [0.5, 0.6) is 0 Å². The van der Waals surface area contributed by atoms with E-state index in [1.54, 1.807) is 6.20 Å². The van der Waals surface area contributed by atoms with Gasteiger partial charge in [0.1, 0.15) is 5.82 Å². The van der Waals surface area contributed by atoms with Gasteiger partial charge in [0, 0.05) is 18.8 Å². The third-order valence-corrected chi connectivity index (χ3v) is 2.72. The minimum atomic E-state index is 0.436. The average Bonchev–Trinajstić information content (AvgIpc) is 2.74. The summed E-state index contributed by atoms with van der Waals surface area (Å²) < 4.78 is 9.93. The second-order valence-electron chi connectivity index (χ2n) is 2.84. The molecule has 2 heterocycles. The number of hydrogen-bond acceptors (Lipinski definition) is 4. The fourth-order valence-corrected chi connectivity index (χ4v) is 1.97. The fraction of sp³-hybridized carbons (Fsp3) is 0.375. The maximum atomic E-state index is 5.89. The van der Waals surface area contributed by atoms with E-state index >= 15 is 0 Å². The van der Waals surface area contributed by atoms with E-state index in [0.717, 1.165) is 30.4 Å². The third kappa shape index (κ3) is 1.65. The lowest BCUT2D eigenvalue weighted by Gasteiger charge is -2.02. The molecule has 0 aromatic carbocycles. The van der Waals surface area contributed by atoms with Crippen LogP contribution in [0.3, 0.4) is 0 Å². The summed E-state index contributed by atoms with van der Waals surface area (Å²) in [4.78, 5) is 4.24. The van der Waals surface area contributed by atoms with E-state index in [9.17, 15) is 0 Å². The van der Waals surface area contributed by atoms with E-state index in [1.807, 2.05) is 10.8 Å². The summed E-state index contributed by atoms with van der Waals surface area (Å²) in [5.41, 5.74) is 0. The van der Waals surface area contributed by atoms with Gasteiger partial charge >= 0.3 is 0 Å². The molecule has 0 saturated carbocycles. The van der Waals surface area contributed by atoms with Crippen molar-refractivity contribution < 1.29 is 0 Å². The Morgan fingerprint density at radius 1 is 1.50 bits per heavy atom. The van der Waals surface area contributed by atoms with Crippen molar-refractivity contribution in [1.82, 2.24) is 18.3 Å². The molecular weight excluding hydrogens is 220 g/mol. The summed E-state index contributed by atoms with van der Waals surface area (Å²) in [6.07, 6.45) is 5.57. The van der Waals surface area contributed by atoms with E-state index in [1.165, 1.54) is 0 Å². The first-order chi connectivity index (χ1) is 6.83. The van der Waals surface area contributed by atoms with Crippen molar-refractivity contribution in [3.05, 3.63) is 23.4 Å². The number of rotatable bonds is 3. The Labute approximate surface area is 90.9 Å². The number of aryl methyl sites for hydroxylation is 1. The molecule has 0 unspecified atom stereocenters. The van der Waals surface area contributed by atoms with Crippen LogP contribution in [-0.4, -0.2) is 18.3 Å². The Bertz CT molecular complexity index is 422. The minimum Gasteiger partial charge on any atom is -0.284 e. The lowest BCUT2D eigenvalue weighted by atomic mass is 10.3. The van der Waals surface area contributed by atoms with Crippen LogP contribution >= 0.6 is 23.3 Å². The molecule has 0 fully saturated rings. The lowest BCUT2D eigenvalue weighted by Crippen LogP contribution is -2.00. The normalized spacial score (nSPS) is 10.7. The first-order valence-corrected chi connectivity index (χ1v) is 5.44. The van der Waals surface area contributed by atoms with Gasteiger partial charge in [0.2, 0.25) is 0 Å². The molecule has 14 heavy (non-hydrogen) atoms. The largest absolute Gasteiger partial charge is 0.284 e. The molecule has 0 saturated heterocycles. The average molecular weight is 229 g/mol. The maximum Gasteiger partial charge on any atom is 0.191 e. The van der Waals surface area contributed by atoms with E-state index in [4.69, 9.17) is 11.6 Å². The summed E-state index contributed by atoms with van der Waals surface area (Å²) in [6, 6.07) is 0. The standard InChI is InChI=1S/C8H9ClN4S/c1-2-3-6-10-4-5-13(6)8-7(9)11-14-12-8/h4-5H,2-3H2,1H3. The summed E-state index contributed by atoms with van der Waals surface area (Å²) in [7, 11) is 0. The maximum absolute atomic E-state index is 5.89. The van der Waals surface area contributed by atoms with Gasteiger partial charge < -0.3 is 0 Å². The lowest BCUT2D eigenvalue weighted by molar-refractivity contribution is 0.802. The molecule has 2 aromatic heterocycles. The zero-order valence-corrected chi connectivity index (χ0v) is 9.22. The molecule has 0 aliphatic rings. The van der Waals surface area contributed by atoms with Crippen molar-refractivity contribution in [3.63, 3.8) is 0 Å². The molecule has 0 bridgehead atoms. The topological polar surface area (TPSA) is 43.6 Å². The Balaban J connectivity index is 2.41.